The second-order valence-electron chi connectivity index (χ2n) is 4.90. The average molecular weight is 335 g/mol. The number of amides is 1. The van der Waals surface area contributed by atoms with E-state index in [0.717, 1.165) is 34.6 Å². The fourth-order valence-electron chi connectivity index (χ4n) is 1.93. The largest absolute Gasteiger partial charge is 0.452 e. The minimum absolute atomic E-state index is 0.122. The van der Waals surface area contributed by atoms with Crippen molar-refractivity contribution in [1.29, 1.82) is 0 Å². The van der Waals surface area contributed by atoms with Crippen molar-refractivity contribution in [2.75, 3.05) is 10.6 Å². The highest BCUT2D eigenvalue weighted by Crippen LogP contribution is 2.30. The Morgan fingerprint density at radius 3 is 2.75 bits per heavy atom. The van der Waals surface area contributed by atoms with Crippen LogP contribution in [0.15, 0.2) is 45.5 Å². The molecule has 4 nitrogen and oxygen atoms in total. The Balaban J connectivity index is 1.60. The Labute approximate surface area is 125 Å². The van der Waals surface area contributed by atoms with Gasteiger partial charge in [0.05, 0.1) is 6.54 Å². The summed E-state index contributed by atoms with van der Waals surface area (Å²) in [6.07, 6.45) is 2.02. The van der Waals surface area contributed by atoms with Crippen LogP contribution in [-0.4, -0.2) is 5.91 Å². The summed E-state index contributed by atoms with van der Waals surface area (Å²) in [5.41, 5.74) is 1.78. The quantitative estimate of drug-likeness (QED) is 0.868. The molecule has 1 aromatic heterocycles. The van der Waals surface area contributed by atoms with Gasteiger partial charge in [0.2, 0.25) is 5.91 Å². The summed E-state index contributed by atoms with van der Waals surface area (Å²) >= 11 is 3.27. The van der Waals surface area contributed by atoms with Gasteiger partial charge in [0.1, 0.15) is 5.76 Å². The van der Waals surface area contributed by atoms with Gasteiger partial charge in [-0.05, 0) is 59.1 Å². The summed E-state index contributed by atoms with van der Waals surface area (Å²) in [6, 6.07) is 11.5. The molecule has 3 rings (SSSR count). The van der Waals surface area contributed by atoms with Gasteiger partial charge in [0.25, 0.3) is 0 Å². The standard InChI is InChI=1S/C15H15BrN2O2/c16-14-7-6-13(20-14)9-17-11-2-1-3-12(8-11)18-15(19)10-4-5-10/h1-3,6-8,10,17H,4-5,9H2,(H,18,19). The first-order valence-electron chi connectivity index (χ1n) is 6.60. The van der Waals surface area contributed by atoms with Crippen molar-refractivity contribution in [3.8, 4) is 0 Å². The minimum Gasteiger partial charge on any atom is -0.452 e. The zero-order chi connectivity index (χ0) is 13.9. The van der Waals surface area contributed by atoms with Crippen molar-refractivity contribution >= 4 is 33.2 Å². The molecule has 0 radical (unpaired) electrons. The van der Waals surface area contributed by atoms with E-state index < -0.39 is 0 Å². The summed E-state index contributed by atoms with van der Waals surface area (Å²) in [6.45, 7) is 0.603. The van der Waals surface area contributed by atoms with E-state index in [1.54, 1.807) is 0 Å². The van der Waals surface area contributed by atoms with Gasteiger partial charge < -0.3 is 15.1 Å². The summed E-state index contributed by atoms with van der Waals surface area (Å²) in [7, 11) is 0. The number of halogens is 1. The molecule has 0 spiro atoms. The summed E-state index contributed by atoms with van der Waals surface area (Å²) in [5, 5.41) is 6.20. The number of nitrogens with one attached hydrogen (secondary N) is 2. The first-order chi connectivity index (χ1) is 9.70. The molecule has 0 atom stereocenters. The molecule has 1 saturated carbocycles. The van der Waals surface area contributed by atoms with Crippen LogP contribution in [0.5, 0.6) is 0 Å². The molecule has 2 aromatic rings. The lowest BCUT2D eigenvalue weighted by Gasteiger charge is -2.08. The van der Waals surface area contributed by atoms with Gasteiger partial charge in [-0.3, -0.25) is 4.79 Å². The van der Waals surface area contributed by atoms with E-state index in [9.17, 15) is 4.79 Å². The molecule has 1 fully saturated rings. The molecule has 104 valence electrons. The lowest BCUT2D eigenvalue weighted by atomic mass is 10.2. The number of hydrogen-bond donors (Lipinski definition) is 2. The Kier molecular flexibility index (Phi) is 3.78. The zero-order valence-corrected chi connectivity index (χ0v) is 12.4. The maximum atomic E-state index is 11.7. The molecule has 20 heavy (non-hydrogen) atoms. The van der Waals surface area contributed by atoms with Gasteiger partial charge in [-0.15, -0.1) is 0 Å². The monoisotopic (exact) mass is 334 g/mol. The molecule has 1 aliphatic carbocycles. The maximum Gasteiger partial charge on any atom is 0.227 e. The van der Waals surface area contributed by atoms with Crippen LogP contribution in [0, 0.1) is 5.92 Å². The average Bonchev–Trinajstić information content (AvgIpc) is 3.20. The number of carbonyl (C=O) groups is 1. The normalized spacial score (nSPS) is 14.1. The molecule has 1 aromatic carbocycles. The molecule has 1 amide bonds. The third-order valence-corrected chi connectivity index (χ3v) is 3.60. The Morgan fingerprint density at radius 2 is 2.05 bits per heavy atom. The predicted molar refractivity (Wildman–Crippen MR) is 81.5 cm³/mol. The van der Waals surface area contributed by atoms with Gasteiger partial charge in [0, 0.05) is 17.3 Å². The number of benzene rings is 1. The Morgan fingerprint density at radius 1 is 1.25 bits per heavy atom. The third-order valence-electron chi connectivity index (χ3n) is 3.17. The van der Waals surface area contributed by atoms with Crippen molar-refractivity contribution in [2.24, 2.45) is 5.92 Å². The van der Waals surface area contributed by atoms with Crippen molar-refractivity contribution in [3.05, 3.63) is 46.8 Å². The topological polar surface area (TPSA) is 54.3 Å². The molecule has 1 heterocycles. The summed E-state index contributed by atoms with van der Waals surface area (Å²) in [5.74, 6) is 1.19. The molecule has 0 bridgehead atoms. The second-order valence-corrected chi connectivity index (χ2v) is 5.69. The van der Waals surface area contributed by atoms with Crippen LogP contribution >= 0.6 is 15.9 Å². The molecule has 0 saturated heterocycles. The minimum atomic E-state index is 0.122. The van der Waals surface area contributed by atoms with Crippen molar-refractivity contribution in [3.63, 3.8) is 0 Å². The number of anilines is 2. The predicted octanol–water partition coefficient (Wildman–Crippen LogP) is 4.00. The van der Waals surface area contributed by atoms with Crippen LogP contribution in [-0.2, 0) is 11.3 Å². The molecule has 0 aliphatic heterocycles. The molecule has 0 unspecified atom stereocenters. The number of furan rings is 1. The van der Waals surface area contributed by atoms with E-state index in [4.69, 9.17) is 4.42 Å². The fourth-order valence-corrected chi connectivity index (χ4v) is 2.27. The van der Waals surface area contributed by atoms with Crippen LogP contribution < -0.4 is 10.6 Å². The summed E-state index contributed by atoms with van der Waals surface area (Å²) < 4.78 is 6.15. The van der Waals surface area contributed by atoms with E-state index in [2.05, 4.69) is 26.6 Å². The van der Waals surface area contributed by atoms with Crippen LogP contribution in [0.4, 0.5) is 11.4 Å². The van der Waals surface area contributed by atoms with E-state index in [-0.39, 0.29) is 11.8 Å². The zero-order valence-electron chi connectivity index (χ0n) is 10.9. The van der Waals surface area contributed by atoms with Gasteiger partial charge in [-0.25, -0.2) is 0 Å². The number of carbonyl (C=O) groups excluding carboxylic acids is 1. The van der Waals surface area contributed by atoms with Gasteiger partial charge in [-0.1, -0.05) is 6.07 Å². The Bertz CT molecular complexity index is 620. The molecule has 1 aliphatic rings. The van der Waals surface area contributed by atoms with Crippen molar-refractivity contribution in [2.45, 2.75) is 19.4 Å². The van der Waals surface area contributed by atoms with Gasteiger partial charge in [-0.2, -0.15) is 0 Å². The third kappa shape index (κ3) is 3.42. The molecule has 5 heteroatoms. The maximum absolute atomic E-state index is 11.7. The van der Waals surface area contributed by atoms with Crippen LogP contribution in [0.25, 0.3) is 0 Å². The highest BCUT2D eigenvalue weighted by molar-refractivity contribution is 9.10. The van der Waals surface area contributed by atoms with E-state index >= 15 is 0 Å². The number of rotatable bonds is 5. The lowest BCUT2D eigenvalue weighted by Crippen LogP contribution is -2.13. The van der Waals surface area contributed by atoms with Gasteiger partial charge in [0.15, 0.2) is 4.67 Å². The van der Waals surface area contributed by atoms with E-state index in [0.29, 0.717) is 6.54 Å². The highest BCUT2D eigenvalue weighted by atomic mass is 79.9. The van der Waals surface area contributed by atoms with Crippen molar-refractivity contribution in [1.82, 2.24) is 0 Å². The van der Waals surface area contributed by atoms with Crippen LogP contribution in [0.3, 0.4) is 0 Å². The van der Waals surface area contributed by atoms with Gasteiger partial charge >= 0.3 is 0 Å². The molecular weight excluding hydrogens is 320 g/mol. The SMILES string of the molecule is O=C(Nc1cccc(NCc2ccc(Br)o2)c1)C1CC1. The lowest BCUT2D eigenvalue weighted by molar-refractivity contribution is -0.117. The fraction of sp³-hybridized carbons (Fsp3) is 0.267. The van der Waals surface area contributed by atoms with E-state index in [1.165, 1.54) is 0 Å². The van der Waals surface area contributed by atoms with E-state index in [1.807, 2.05) is 36.4 Å². The first-order valence-corrected chi connectivity index (χ1v) is 7.39. The smallest absolute Gasteiger partial charge is 0.227 e. The van der Waals surface area contributed by atoms with Crippen molar-refractivity contribution < 1.29 is 9.21 Å². The highest BCUT2D eigenvalue weighted by Gasteiger charge is 2.29. The molecular formula is C15H15BrN2O2. The molecule has 2 N–H and O–H groups in total. The second kappa shape index (κ2) is 5.71. The first kappa shape index (κ1) is 13.2. The van der Waals surface area contributed by atoms with Crippen LogP contribution in [0.2, 0.25) is 0 Å². The van der Waals surface area contributed by atoms with Crippen LogP contribution in [0.1, 0.15) is 18.6 Å². The summed E-state index contributed by atoms with van der Waals surface area (Å²) in [4.78, 5) is 11.7. The Hall–Kier alpha value is -1.75. The number of hydrogen-bond acceptors (Lipinski definition) is 3.